The van der Waals surface area contributed by atoms with E-state index in [0.717, 1.165) is 32.2 Å². The van der Waals surface area contributed by atoms with Gasteiger partial charge in [0.1, 0.15) is 6.54 Å². The Morgan fingerprint density at radius 2 is 1.77 bits per heavy atom. The molecule has 2 heterocycles. The van der Waals surface area contributed by atoms with Crippen molar-refractivity contribution in [1.29, 1.82) is 0 Å². The van der Waals surface area contributed by atoms with E-state index >= 15 is 0 Å². The molecule has 0 saturated carbocycles. The number of aryl methyl sites for hydroxylation is 1. The number of unbranched alkanes of at least 4 members (excludes halogenated alkanes) is 2. The number of carboxylic acids is 1. The van der Waals surface area contributed by atoms with Crippen molar-refractivity contribution in [2.75, 3.05) is 0 Å². The lowest BCUT2D eigenvalue weighted by Crippen LogP contribution is -2.32. The molecule has 2 atom stereocenters. The van der Waals surface area contributed by atoms with Gasteiger partial charge in [-0.05, 0) is 67.2 Å². The molecule has 0 fully saturated rings. The molecule has 0 aromatic carbocycles. The summed E-state index contributed by atoms with van der Waals surface area (Å²) in [5.74, 6) is 0.114. The average Bonchev–Trinajstić information content (AvgIpc) is 2.66. The molecule has 0 amide bonds. The smallest absolute Gasteiger partial charge is 0.169 e. The van der Waals surface area contributed by atoms with Crippen molar-refractivity contribution >= 4 is 5.97 Å². The van der Waals surface area contributed by atoms with E-state index in [2.05, 4.69) is 60.1 Å². The first-order chi connectivity index (χ1) is 12.6. The van der Waals surface area contributed by atoms with Crippen molar-refractivity contribution in [2.45, 2.75) is 70.8 Å². The molecule has 0 bridgehead atoms. The highest BCUT2D eigenvalue weighted by molar-refractivity contribution is 5.64. The second kappa shape index (κ2) is 10.7. The summed E-state index contributed by atoms with van der Waals surface area (Å²) in [6.45, 7) is 5.47. The van der Waals surface area contributed by atoms with Gasteiger partial charge in [0.2, 0.25) is 0 Å². The fourth-order valence-electron chi connectivity index (χ4n) is 3.42. The number of rotatable bonds is 11. The molecule has 0 spiro atoms. The summed E-state index contributed by atoms with van der Waals surface area (Å²) in [6, 6.07) is 8.68. The van der Waals surface area contributed by atoms with Crippen LogP contribution in [0.2, 0.25) is 0 Å². The third-order valence-corrected chi connectivity index (χ3v) is 5.09. The van der Waals surface area contributed by atoms with Crippen molar-refractivity contribution in [3.8, 4) is 0 Å². The SMILES string of the molecule is CCC(CC(C)c1cc[n+](CCCCCC(=O)[O-])cc1)c1ccncc1. The molecule has 4 nitrogen and oxygen atoms in total. The van der Waals surface area contributed by atoms with Gasteiger partial charge in [-0.25, -0.2) is 4.57 Å². The van der Waals surface area contributed by atoms with Gasteiger partial charge in [0.05, 0.1) is 0 Å². The van der Waals surface area contributed by atoms with Crippen LogP contribution in [0.1, 0.15) is 75.3 Å². The van der Waals surface area contributed by atoms with Gasteiger partial charge in [0.25, 0.3) is 0 Å². The number of aliphatic carboxylic acids is 1. The van der Waals surface area contributed by atoms with Crippen LogP contribution in [0, 0.1) is 0 Å². The summed E-state index contributed by atoms with van der Waals surface area (Å²) in [6.07, 6.45) is 13.1. The first kappa shape index (κ1) is 20.1. The molecule has 2 rings (SSSR count). The van der Waals surface area contributed by atoms with E-state index < -0.39 is 5.97 Å². The summed E-state index contributed by atoms with van der Waals surface area (Å²) < 4.78 is 2.18. The zero-order valence-electron chi connectivity index (χ0n) is 15.9. The van der Waals surface area contributed by atoms with Crippen LogP contribution in [0.25, 0.3) is 0 Å². The molecule has 2 aromatic heterocycles. The van der Waals surface area contributed by atoms with Crippen LogP contribution in [0.5, 0.6) is 0 Å². The lowest BCUT2D eigenvalue weighted by atomic mass is 9.85. The van der Waals surface area contributed by atoms with Crippen LogP contribution in [-0.4, -0.2) is 11.0 Å². The number of pyridine rings is 2. The van der Waals surface area contributed by atoms with Gasteiger partial charge in [0, 0.05) is 36.9 Å². The lowest BCUT2D eigenvalue weighted by Gasteiger charge is -2.20. The van der Waals surface area contributed by atoms with Gasteiger partial charge in [-0.3, -0.25) is 4.98 Å². The van der Waals surface area contributed by atoms with Gasteiger partial charge < -0.3 is 9.90 Å². The van der Waals surface area contributed by atoms with Gasteiger partial charge >= 0.3 is 0 Å². The van der Waals surface area contributed by atoms with Gasteiger partial charge in [-0.15, -0.1) is 0 Å². The summed E-state index contributed by atoms with van der Waals surface area (Å²) >= 11 is 0. The molecule has 0 radical (unpaired) electrons. The minimum absolute atomic E-state index is 0.164. The van der Waals surface area contributed by atoms with Crippen LogP contribution in [0.3, 0.4) is 0 Å². The van der Waals surface area contributed by atoms with E-state index in [1.807, 2.05) is 12.4 Å². The molecule has 0 aliphatic carbocycles. The predicted molar refractivity (Wildman–Crippen MR) is 100 cm³/mol. The fourth-order valence-corrected chi connectivity index (χ4v) is 3.42. The third-order valence-electron chi connectivity index (χ3n) is 5.09. The van der Waals surface area contributed by atoms with Crippen molar-refractivity contribution < 1.29 is 14.5 Å². The van der Waals surface area contributed by atoms with Crippen molar-refractivity contribution in [2.24, 2.45) is 0 Å². The number of hydrogen-bond acceptors (Lipinski definition) is 3. The van der Waals surface area contributed by atoms with E-state index in [4.69, 9.17) is 0 Å². The van der Waals surface area contributed by atoms with E-state index in [1.165, 1.54) is 11.1 Å². The quantitative estimate of drug-likeness (QED) is 0.459. The van der Waals surface area contributed by atoms with Gasteiger partial charge in [-0.1, -0.05) is 13.8 Å². The van der Waals surface area contributed by atoms with Gasteiger partial charge in [-0.2, -0.15) is 0 Å². The average molecular weight is 354 g/mol. The summed E-state index contributed by atoms with van der Waals surface area (Å²) in [7, 11) is 0. The zero-order chi connectivity index (χ0) is 18.8. The van der Waals surface area contributed by atoms with Crippen LogP contribution < -0.4 is 9.67 Å². The molecule has 2 unspecified atom stereocenters. The summed E-state index contributed by atoms with van der Waals surface area (Å²) in [5.41, 5.74) is 2.74. The molecule has 0 N–H and O–H groups in total. The first-order valence-corrected chi connectivity index (χ1v) is 9.69. The summed E-state index contributed by atoms with van der Waals surface area (Å²) in [4.78, 5) is 14.5. The van der Waals surface area contributed by atoms with Crippen LogP contribution in [-0.2, 0) is 11.3 Å². The Labute approximate surface area is 156 Å². The zero-order valence-corrected chi connectivity index (χ0v) is 15.9. The first-order valence-electron chi connectivity index (χ1n) is 9.69. The number of nitrogens with zero attached hydrogens (tertiary/aromatic N) is 2. The topological polar surface area (TPSA) is 56.9 Å². The molecule has 26 heavy (non-hydrogen) atoms. The second-order valence-electron chi connectivity index (χ2n) is 7.07. The molecular formula is C22H30N2O2. The Morgan fingerprint density at radius 3 is 2.38 bits per heavy atom. The van der Waals surface area contributed by atoms with Crippen molar-refractivity contribution in [1.82, 2.24) is 4.98 Å². The molecule has 0 aliphatic heterocycles. The Morgan fingerprint density at radius 1 is 1.08 bits per heavy atom. The minimum atomic E-state index is -0.951. The van der Waals surface area contributed by atoms with E-state index in [-0.39, 0.29) is 6.42 Å². The highest BCUT2D eigenvalue weighted by atomic mass is 16.4. The highest BCUT2D eigenvalue weighted by Crippen LogP contribution is 2.31. The second-order valence-corrected chi connectivity index (χ2v) is 7.07. The Hall–Kier alpha value is -2.23. The Balaban J connectivity index is 1.83. The highest BCUT2D eigenvalue weighted by Gasteiger charge is 2.16. The van der Waals surface area contributed by atoms with Crippen LogP contribution in [0.15, 0.2) is 49.1 Å². The minimum Gasteiger partial charge on any atom is -0.550 e. The van der Waals surface area contributed by atoms with E-state index in [0.29, 0.717) is 18.3 Å². The Kier molecular flexibility index (Phi) is 8.26. The number of aromatic nitrogens is 2. The van der Waals surface area contributed by atoms with Crippen LogP contribution in [0.4, 0.5) is 0 Å². The Bertz CT molecular complexity index is 656. The van der Waals surface area contributed by atoms with Crippen LogP contribution >= 0.6 is 0 Å². The van der Waals surface area contributed by atoms with Gasteiger partial charge in [0.15, 0.2) is 12.4 Å². The third kappa shape index (κ3) is 6.58. The lowest BCUT2D eigenvalue weighted by molar-refractivity contribution is -0.697. The molecule has 140 valence electrons. The number of hydrogen-bond donors (Lipinski definition) is 0. The number of carbonyl (C=O) groups is 1. The monoisotopic (exact) mass is 354 g/mol. The maximum atomic E-state index is 10.4. The van der Waals surface area contributed by atoms with Crippen molar-refractivity contribution in [3.05, 3.63) is 60.2 Å². The maximum absolute atomic E-state index is 10.4. The standard InChI is InChI=1S/C22H30N2O2/c1-3-19(21-8-12-23-13-9-21)17-18(2)20-10-15-24(16-11-20)14-6-4-5-7-22(25)26/h8-13,15-16,18-19H,3-7,14,17H2,1-2H3. The predicted octanol–water partition coefficient (Wildman–Crippen LogP) is 3.37. The van der Waals surface area contributed by atoms with Crippen molar-refractivity contribution in [3.63, 3.8) is 0 Å². The number of carbonyl (C=O) groups excluding carboxylic acids is 1. The van der Waals surface area contributed by atoms with E-state index in [9.17, 15) is 9.90 Å². The summed E-state index contributed by atoms with van der Waals surface area (Å²) in [5, 5.41) is 10.4. The molecule has 2 aromatic rings. The molecular weight excluding hydrogens is 324 g/mol. The largest absolute Gasteiger partial charge is 0.550 e. The molecule has 0 aliphatic rings. The maximum Gasteiger partial charge on any atom is 0.169 e. The fraction of sp³-hybridized carbons (Fsp3) is 0.500. The molecule has 4 heteroatoms. The molecule has 0 saturated heterocycles. The van der Waals surface area contributed by atoms with E-state index in [1.54, 1.807) is 0 Å². The number of carboxylic acid groups (broad SMARTS) is 1. The normalized spacial score (nSPS) is 13.3.